The van der Waals surface area contributed by atoms with Crippen LogP contribution >= 0.6 is 0 Å². The van der Waals surface area contributed by atoms with Gasteiger partial charge >= 0.3 is 30.4 Å². The van der Waals surface area contributed by atoms with Crippen molar-refractivity contribution in [2.24, 2.45) is 0 Å². The average molecular weight is 321 g/mol. The zero-order valence-electron chi connectivity index (χ0n) is 7.32. The molecule has 4 unspecified atom stereocenters. The van der Waals surface area contributed by atoms with Crippen LogP contribution in [0.5, 0.6) is 0 Å². The van der Waals surface area contributed by atoms with Gasteiger partial charge < -0.3 is 30.6 Å². The molecular weight excluding hydrogens is 306 g/mol. The molecule has 0 radical (unpaired) electrons. The molecule has 0 amide bonds. The molecule has 0 fully saturated rings. The van der Waals surface area contributed by atoms with E-state index in [1.165, 1.54) is 0 Å². The number of hydrogen-bond acceptors (Lipinski definition) is 6. The van der Waals surface area contributed by atoms with Crippen LogP contribution < -0.4 is 0 Å². The minimum absolute atomic E-state index is 0. The Morgan fingerprint density at radius 3 is 1.79 bits per heavy atom. The normalized spacial score (nSPS) is 18.9. The molecule has 0 aromatic carbocycles. The van der Waals surface area contributed by atoms with Gasteiger partial charge in [0.1, 0.15) is 18.3 Å². The van der Waals surface area contributed by atoms with E-state index in [1.807, 2.05) is 0 Å². The average Bonchev–Trinajstić information content (AvgIpc) is 2.12. The standard InChI is InChI=1S/C6H12O7.Sb.3H/c7-1-2(8)3(9)4(10)5(11)6(12)13;;;;/h2-5,7-11H,1H2,(H,12,13);;;;. The first-order valence-electron chi connectivity index (χ1n) is 3.47. The number of carboxylic acids is 1. The Bertz CT molecular complexity index is 176. The van der Waals surface area contributed by atoms with Gasteiger partial charge in [-0.3, -0.25) is 0 Å². The first kappa shape index (κ1) is 16.5. The van der Waals surface area contributed by atoms with Crippen LogP contribution in [0.1, 0.15) is 0 Å². The van der Waals surface area contributed by atoms with Crippen LogP contribution in [0.25, 0.3) is 0 Å². The molecule has 0 heterocycles. The summed E-state index contributed by atoms with van der Waals surface area (Å²) >= 11 is 0. The number of carboxylic acid groups (broad SMARTS) is 1. The van der Waals surface area contributed by atoms with Crippen LogP contribution in [0.4, 0.5) is 0 Å². The van der Waals surface area contributed by atoms with Crippen molar-refractivity contribution >= 4 is 30.4 Å². The Hall–Kier alpha value is 0.0882. The molecule has 0 bridgehead atoms. The molecule has 4 atom stereocenters. The molecular formula is C6H15O7Sb. The van der Waals surface area contributed by atoms with Gasteiger partial charge in [-0.25, -0.2) is 4.79 Å². The van der Waals surface area contributed by atoms with E-state index in [0.29, 0.717) is 0 Å². The maximum absolute atomic E-state index is 10.1. The zero-order valence-corrected chi connectivity index (χ0v) is 11.4. The van der Waals surface area contributed by atoms with Crippen molar-refractivity contribution in [2.45, 2.75) is 24.4 Å². The number of rotatable bonds is 5. The van der Waals surface area contributed by atoms with Crippen molar-refractivity contribution in [3.63, 3.8) is 0 Å². The van der Waals surface area contributed by atoms with Crippen LogP contribution in [-0.4, -0.2) is 92.1 Å². The fourth-order valence-corrected chi connectivity index (χ4v) is 0.668. The van der Waals surface area contributed by atoms with Crippen molar-refractivity contribution in [2.75, 3.05) is 6.61 Å². The molecule has 0 aliphatic heterocycles. The summed E-state index contributed by atoms with van der Waals surface area (Å²) in [7, 11) is 0. The molecule has 0 aromatic rings. The van der Waals surface area contributed by atoms with Gasteiger partial charge in [0.2, 0.25) is 0 Å². The third kappa shape index (κ3) is 4.54. The Labute approximate surface area is 97.1 Å². The van der Waals surface area contributed by atoms with Crippen LogP contribution in [0.2, 0.25) is 0 Å². The minimum atomic E-state index is -2.20. The summed E-state index contributed by atoms with van der Waals surface area (Å²) < 4.78 is 0. The van der Waals surface area contributed by atoms with Crippen LogP contribution in [0.3, 0.4) is 0 Å². The van der Waals surface area contributed by atoms with Gasteiger partial charge in [0.05, 0.1) is 6.61 Å². The third-order valence-electron chi connectivity index (χ3n) is 1.51. The molecule has 86 valence electrons. The van der Waals surface area contributed by atoms with Crippen LogP contribution in [0, 0.1) is 0 Å². The number of aliphatic carboxylic acids is 1. The van der Waals surface area contributed by atoms with Gasteiger partial charge in [0, 0.05) is 0 Å². The van der Waals surface area contributed by atoms with E-state index in [-0.39, 0.29) is 24.4 Å². The van der Waals surface area contributed by atoms with E-state index in [0.717, 1.165) is 0 Å². The van der Waals surface area contributed by atoms with Crippen molar-refractivity contribution in [1.29, 1.82) is 0 Å². The fraction of sp³-hybridized carbons (Fsp3) is 0.833. The number of hydrogen-bond donors (Lipinski definition) is 6. The molecule has 0 aromatic heterocycles. The van der Waals surface area contributed by atoms with E-state index in [4.69, 9.17) is 30.6 Å². The van der Waals surface area contributed by atoms with Crippen LogP contribution in [-0.2, 0) is 4.79 Å². The summed E-state index contributed by atoms with van der Waals surface area (Å²) in [5, 5.41) is 51.8. The number of aliphatic hydroxyl groups is 5. The first-order chi connectivity index (χ1) is 5.91. The monoisotopic (exact) mass is 320 g/mol. The van der Waals surface area contributed by atoms with E-state index < -0.39 is 37.0 Å². The van der Waals surface area contributed by atoms with Crippen LogP contribution in [0.15, 0.2) is 0 Å². The Morgan fingerprint density at radius 2 is 1.50 bits per heavy atom. The summed E-state index contributed by atoms with van der Waals surface area (Å²) in [5.41, 5.74) is 0. The second kappa shape index (κ2) is 7.39. The summed E-state index contributed by atoms with van der Waals surface area (Å²) in [6, 6.07) is 0. The zero-order chi connectivity index (χ0) is 10.6. The molecule has 8 heteroatoms. The molecule has 0 aliphatic carbocycles. The second-order valence-corrected chi connectivity index (χ2v) is 2.51. The summed E-state index contributed by atoms with van der Waals surface area (Å²) in [6.07, 6.45) is -7.84. The number of aliphatic hydroxyl groups excluding tert-OH is 5. The van der Waals surface area contributed by atoms with Crippen molar-refractivity contribution in [3.05, 3.63) is 0 Å². The predicted octanol–water partition coefficient (Wildman–Crippen LogP) is -4.68. The van der Waals surface area contributed by atoms with Gasteiger partial charge in [0.15, 0.2) is 6.10 Å². The van der Waals surface area contributed by atoms with Gasteiger partial charge in [-0.1, -0.05) is 0 Å². The third-order valence-corrected chi connectivity index (χ3v) is 1.51. The molecule has 0 saturated heterocycles. The molecule has 0 aliphatic rings. The van der Waals surface area contributed by atoms with E-state index >= 15 is 0 Å². The molecule has 0 spiro atoms. The van der Waals surface area contributed by atoms with E-state index in [2.05, 4.69) is 0 Å². The van der Waals surface area contributed by atoms with Gasteiger partial charge in [-0.2, -0.15) is 0 Å². The molecule has 6 N–H and O–H groups in total. The SMILES string of the molecule is O=C(O)C(O)C(O)C(O)C(O)CO.[SbH3]. The Kier molecular flexibility index (Phi) is 8.72. The second-order valence-electron chi connectivity index (χ2n) is 2.51. The quantitative estimate of drug-likeness (QED) is 0.280. The molecule has 7 nitrogen and oxygen atoms in total. The van der Waals surface area contributed by atoms with Crippen molar-refractivity contribution in [3.8, 4) is 0 Å². The molecule has 0 saturated carbocycles. The Balaban J connectivity index is 0. The maximum atomic E-state index is 10.1. The summed E-state index contributed by atoms with van der Waals surface area (Å²) in [6.45, 7) is -0.843. The molecule has 14 heavy (non-hydrogen) atoms. The van der Waals surface area contributed by atoms with E-state index in [9.17, 15) is 4.79 Å². The van der Waals surface area contributed by atoms with Gasteiger partial charge in [-0.05, 0) is 0 Å². The number of carbonyl (C=O) groups is 1. The molecule has 0 rings (SSSR count). The first-order valence-corrected chi connectivity index (χ1v) is 3.47. The summed E-state index contributed by atoms with van der Waals surface area (Å²) in [4.78, 5) is 10.1. The topological polar surface area (TPSA) is 138 Å². The van der Waals surface area contributed by atoms with Crippen molar-refractivity contribution in [1.82, 2.24) is 0 Å². The van der Waals surface area contributed by atoms with Gasteiger partial charge in [0.25, 0.3) is 0 Å². The van der Waals surface area contributed by atoms with E-state index in [1.54, 1.807) is 0 Å². The van der Waals surface area contributed by atoms with Crippen molar-refractivity contribution < 1.29 is 35.4 Å². The predicted molar refractivity (Wildman–Crippen MR) is 48.7 cm³/mol. The Morgan fingerprint density at radius 1 is 1.07 bits per heavy atom. The van der Waals surface area contributed by atoms with Gasteiger partial charge in [-0.15, -0.1) is 0 Å². The summed E-state index contributed by atoms with van der Waals surface area (Å²) in [5.74, 6) is -1.73. The fourth-order valence-electron chi connectivity index (χ4n) is 0.668.